The molecule has 1 heterocycles. The van der Waals surface area contributed by atoms with E-state index in [2.05, 4.69) is 10.4 Å². The van der Waals surface area contributed by atoms with Crippen LogP contribution in [0.15, 0.2) is 30.5 Å². The van der Waals surface area contributed by atoms with Crippen LogP contribution in [0.25, 0.3) is 0 Å². The molecule has 0 aliphatic carbocycles. The minimum Gasteiger partial charge on any atom is -0.493 e. The van der Waals surface area contributed by atoms with Crippen molar-refractivity contribution in [2.75, 3.05) is 11.9 Å². The number of nitrogens with zero attached hydrogens (tertiary/aromatic N) is 3. The van der Waals surface area contributed by atoms with E-state index in [1.165, 1.54) is 10.9 Å². The minimum absolute atomic E-state index is 0.198. The van der Waals surface area contributed by atoms with Gasteiger partial charge in [0.05, 0.1) is 19.2 Å². The maximum absolute atomic E-state index is 11.8. The highest BCUT2D eigenvalue weighted by molar-refractivity contribution is 5.91. The van der Waals surface area contributed by atoms with Crippen molar-refractivity contribution in [3.63, 3.8) is 0 Å². The molecule has 2 aromatic rings. The molecule has 1 N–H and O–H groups in total. The van der Waals surface area contributed by atoms with Gasteiger partial charge in [0.15, 0.2) is 0 Å². The van der Waals surface area contributed by atoms with Gasteiger partial charge in [-0.2, -0.15) is 10.4 Å². The van der Waals surface area contributed by atoms with Crippen LogP contribution in [0.1, 0.15) is 17.5 Å². The summed E-state index contributed by atoms with van der Waals surface area (Å²) in [6.07, 6.45) is 1.61. The van der Waals surface area contributed by atoms with Crippen LogP contribution in [0.3, 0.4) is 0 Å². The Bertz CT molecular complexity index is 668. The first kappa shape index (κ1) is 14.6. The van der Waals surface area contributed by atoms with Gasteiger partial charge in [0.1, 0.15) is 23.2 Å². The lowest BCUT2D eigenvalue weighted by molar-refractivity contribution is -0.116. The van der Waals surface area contributed by atoms with Gasteiger partial charge in [-0.15, -0.1) is 0 Å². The van der Waals surface area contributed by atoms with E-state index in [4.69, 9.17) is 10.00 Å². The molecule has 0 aliphatic rings. The van der Waals surface area contributed by atoms with Crippen LogP contribution in [-0.4, -0.2) is 22.3 Å². The van der Waals surface area contributed by atoms with Gasteiger partial charge < -0.3 is 10.1 Å². The van der Waals surface area contributed by atoms with Crippen molar-refractivity contribution in [2.45, 2.75) is 13.3 Å². The van der Waals surface area contributed by atoms with Crippen molar-refractivity contribution in [1.29, 1.82) is 5.26 Å². The topological polar surface area (TPSA) is 79.9 Å². The Morgan fingerprint density at radius 2 is 2.14 bits per heavy atom. The number of amides is 1. The van der Waals surface area contributed by atoms with Gasteiger partial charge in [0, 0.05) is 7.05 Å². The summed E-state index contributed by atoms with van der Waals surface area (Å²) < 4.78 is 6.95. The molecular weight excluding hydrogens is 268 g/mol. The average molecular weight is 284 g/mol. The van der Waals surface area contributed by atoms with E-state index in [1.54, 1.807) is 7.05 Å². The Morgan fingerprint density at radius 1 is 1.43 bits per heavy atom. The van der Waals surface area contributed by atoms with Crippen LogP contribution in [0, 0.1) is 18.3 Å². The SMILES string of the molecule is Cc1ccc(OCCC(=O)Nc2c(C#N)cnn2C)cc1. The number of aromatic nitrogens is 2. The van der Waals surface area contributed by atoms with Gasteiger partial charge in [0.25, 0.3) is 0 Å². The molecule has 0 aliphatic heterocycles. The fraction of sp³-hybridized carbons (Fsp3) is 0.267. The van der Waals surface area contributed by atoms with Crippen LogP contribution in [0.2, 0.25) is 0 Å². The quantitative estimate of drug-likeness (QED) is 0.910. The molecule has 0 saturated carbocycles. The van der Waals surface area contributed by atoms with E-state index in [-0.39, 0.29) is 18.9 Å². The number of anilines is 1. The Morgan fingerprint density at radius 3 is 2.81 bits per heavy atom. The molecular formula is C15H16N4O2. The van der Waals surface area contributed by atoms with Gasteiger partial charge in [-0.05, 0) is 19.1 Å². The molecule has 108 valence electrons. The number of nitrogens with one attached hydrogen (secondary N) is 1. The summed E-state index contributed by atoms with van der Waals surface area (Å²) >= 11 is 0. The molecule has 0 spiro atoms. The number of carbonyl (C=O) groups is 1. The highest BCUT2D eigenvalue weighted by atomic mass is 16.5. The number of hydrogen-bond acceptors (Lipinski definition) is 4. The molecule has 21 heavy (non-hydrogen) atoms. The number of nitriles is 1. The van der Waals surface area contributed by atoms with E-state index in [9.17, 15) is 4.79 Å². The standard InChI is InChI=1S/C15H16N4O2/c1-11-3-5-13(6-4-11)21-8-7-14(20)18-15-12(9-16)10-17-19(15)2/h3-6,10H,7-8H2,1-2H3,(H,18,20). The average Bonchev–Trinajstić information content (AvgIpc) is 2.82. The number of carbonyl (C=O) groups excluding carboxylic acids is 1. The molecule has 0 bridgehead atoms. The third-order valence-corrected chi connectivity index (χ3v) is 2.94. The van der Waals surface area contributed by atoms with Crippen LogP contribution in [-0.2, 0) is 11.8 Å². The Balaban J connectivity index is 1.84. The normalized spacial score (nSPS) is 9.95. The Labute approximate surface area is 123 Å². The maximum Gasteiger partial charge on any atom is 0.228 e. The second-order valence-electron chi connectivity index (χ2n) is 4.60. The zero-order valence-electron chi connectivity index (χ0n) is 12.0. The van der Waals surface area contributed by atoms with Gasteiger partial charge in [-0.1, -0.05) is 17.7 Å². The molecule has 2 rings (SSSR count). The van der Waals surface area contributed by atoms with E-state index < -0.39 is 0 Å². The van der Waals surface area contributed by atoms with Crippen molar-refractivity contribution >= 4 is 11.7 Å². The van der Waals surface area contributed by atoms with Gasteiger partial charge in [-0.25, -0.2) is 0 Å². The van der Waals surface area contributed by atoms with E-state index in [0.717, 1.165) is 11.3 Å². The van der Waals surface area contributed by atoms with Crippen molar-refractivity contribution in [3.8, 4) is 11.8 Å². The molecule has 6 heteroatoms. The first-order valence-electron chi connectivity index (χ1n) is 6.51. The highest BCUT2D eigenvalue weighted by Gasteiger charge is 2.11. The summed E-state index contributed by atoms with van der Waals surface area (Å²) in [6, 6.07) is 9.60. The number of hydrogen-bond donors (Lipinski definition) is 1. The Hall–Kier alpha value is -2.81. The lowest BCUT2D eigenvalue weighted by atomic mass is 10.2. The lowest BCUT2D eigenvalue weighted by Crippen LogP contribution is -2.17. The molecule has 1 aromatic heterocycles. The van der Waals surface area contributed by atoms with Crippen LogP contribution < -0.4 is 10.1 Å². The third-order valence-electron chi connectivity index (χ3n) is 2.94. The Kier molecular flexibility index (Phi) is 4.57. The fourth-order valence-corrected chi connectivity index (χ4v) is 1.76. The van der Waals surface area contributed by atoms with Crippen molar-refractivity contribution in [3.05, 3.63) is 41.6 Å². The molecule has 0 saturated heterocycles. The van der Waals surface area contributed by atoms with Gasteiger partial charge in [-0.3, -0.25) is 9.48 Å². The summed E-state index contributed by atoms with van der Waals surface area (Å²) in [7, 11) is 1.67. The molecule has 0 atom stereocenters. The van der Waals surface area contributed by atoms with Gasteiger partial charge in [0.2, 0.25) is 5.91 Å². The number of ether oxygens (including phenoxy) is 1. The third kappa shape index (κ3) is 3.83. The largest absolute Gasteiger partial charge is 0.493 e. The van der Waals surface area contributed by atoms with Crippen molar-refractivity contribution in [2.24, 2.45) is 7.05 Å². The van der Waals surface area contributed by atoms with Crippen molar-refractivity contribution < 1.29 is 9.53 Å². The fourth-order valence-electron chi connectivity index (χ4n) is 1.76. The first-order chi connectivity index (χ1) is 10.1. The number of benzene rings is 1. The minimum atomic E-state index is -0.220. The molecule has 6 nitrogen and oxygen atoms in total. The smallest absolute Gasteiger partial charge is 0.228 e. The predicted molar refractivity (Wildman–Crippen MR) is 77.8 cm³/mol. The molecule has 1 aromatic carbocycles. The second-order valence-corrected chi connectivity index (χ2v) is 4.60. The zero-order chi connectivity index (χ0) is 15.2. The van der Waals surface area contributed by atoms with E-state index in [1.807, 2.05) is 37.3 Å². The highest BCUT2D eigenvalue weighted by Crippen LogP contribution is 2.14. The molecule has 1 amide bonds. The van der Waals surface area contributed by atoms with E-state index >= 15 is 0 Å². The first-order valence-corrected chi connectivity index (χ1v) is 6.51. The lowest BCUT2D eigenvalue weighted by Gasteiger charge is -2.08. The molecule has 0 fully saturated rings. The summed E-state index contributed by atoms with van der Waals surface area (Å²) in [6.45, 7) is 2.27. The zero-order valence-corrected chi connectivity index (χ0v) is 12.0. The summed E-state index contributed by atoms with van der Waals surface area (Å²) in [5.41, 5.74) is 1.49. The van der Waals surface area contributed by atoms with Gasteiger partial charge >= 0.3 is 0 Å². The summed E-state index contributed by atoms with van der Waals surface area (Å²) in [4.78, 5) is 11.8. The second kappa shape index (κ2) is 6.57. The maximum atomic E-state index is 11.8. The molecule has 0 radical (unpaired) electrons. The number of rotatable bonds is 5. The van der Waals surface area contributed by atoms with E-state index in [0.29, 0.717) is 11.4 Å². The number of aryl methyl sites for hydroxylation is 2. The summed E-state index contributed by atoms with van der Waals surface area (Å²) in [5, 5.41) is 15.5. The predicted octanol–water partition coefficient (Wildman–Crippen LogP) is 2.01. The summed E-state index contributed by atoms with van der Waals surface area (Å²) in [5.74, 6) is 0.909. The van der Waals surface area contributed by atoms with Crippen molar-refractivity contribution in [1.82, 2.24) is 9.78 Å². The van der Waals surface area contributed by atoms with Crippen LogP contribution >= 0.6 is 0 Å². The monoisotopic (exact) mass is 284 g/mol. The van der Waals surface area contributed by atoms with Crippen LogP contribution in [0.4, 0.5) is 5.82 Å². The molecule has 0 unspecified atom stereocenters. The van der Waals surface area contributed by atoms with Crippen LogP contribution in [0.5, 0.6) is 5.75 Å².